The van der Waals surface area contributed by atoms with Gasteiger partial charge in [-0.05, 0) is 0 Å². The van der Waals surface area contributed by atoms with Crippen LogP contribution in [0, 0.1) is 10.2 Å². The third-order valence-electron chi connectivity index (χ3n) is 0. The molecule has 0 rings (SSSR count). The molecule has 0 radical (unpaired) electrons. The maximum Gasteiger partial charge on any atom is 2.00 e. The van der Waals surface area contributed by atoms with Crippen molar-refractivity contribution in [2.24, 2.45) is 0 Å². The topological polar surface area (TPSA) is 184 Å². The normalized spacial score (nSPS) is 6.67. The van der Waals surface area contributed by atoms with Gasteiger partial charge in [0.05, 0.1) is 14.9 Å². The van der Waals surface area contributed by atoms with Crippen molar-refractivity contribution in [1.29, 1.82) is 0 Å². The Bertz CT molecular complexity index is 31.9. The van der Waals surface area contributed by atoms with E-state index < -0.39 is 10.2 Å². The van der Waals surface area contributed by atoms with E-state index in [1.54, 1.807) is 0 Å². The standard InChI is InChI=1S/Ba.ClHO4.3H2O.2H/c;2-1(3,4)5;;;;;/h;(H,2,3,4,5);3*1H2;;/q+2;;;;;2*-1. The SMILES string of the molecule is O.O.O.[Ba+2].[H-].[H-].[O-][Cl+3]([O-])([O-])O. The molecule has 0 saturated carbocycles. The minimum absolute atomic E-state index is 0. The fourth-order valence-corrected chi connectivity index (χ4v) is 0. The van der Waals surface area contributed by atoms with Gasteiger partial charge in [0.25, 0.3) is 0 Å². The summed E-state index contributed by atoms with van der Waals surface area (Å²) >= 11 is 0. The molecular weight excluding hydrogens is 285 g/mol. The molecule has 0 spiro atoms. The Morgan fingerprint density at radius 1 is 1.00 bits per heavy atom. The largest absolute Gasteiger partial charge is 2.00 e. The third-order valence-corrected chi connectivity index (χ3v) is 0. The number of halogens is 1. The monoisotopic (exact) mass is 294 g/mol. The molecule has 0 amide bonds. The Labute approximate surface area is 96.0 Å². The van der Waals surface area contributed by atoms with Crippen LogP contribution in [0.5, 0.6) is 0 Å². The van der Waals surface area contributed by atoms with Gasteiger partial charge in [-0.2, -0.15) is 14.0 Å². The van der Waals surface area contributed by atoms with Gasteiger partial charge in [0, 0.05) is 0 Å². The Morgan fingerprint density at radius 2 is 1.00 bits per heavy atom. The van der Waals surface area contributed by atoms with Gasteiger partial charge in [0.1, 0.15) is 0 Å². The zero-order chi connectivity index (χ0) is 4.50. The Hall–Kier alpha value is 1.58. The van der Waals surface area contributed by atoms with Crippen molar-refractivity contribution in [2.75, 3.05) is 0 Å². The van der Waals surface area contributed by atoms with Gasteiger partial charge in [-0.25, -0.2) is 0 Å². The van der Waals surface area contributed by atoms with Crippen LogP contribution in [0.4, 0.5) is 0 Å². The molecule has 0 atom stereocenters. The summed E-state index contributed by atoms with van der Waals surface area (Å²) in [7, 11) is -4.69. The number of hydrogen-bond acceptors (Lipinski definition) is 4. The first-order valence-corrected chi connectivity index (χ1v) is 1.90. The smallest absolute Gasteiger partial charge is 1.00 e. The molecule has 0 aliphatic heterocycles. The van der Waals surface area contributed by atoms with Crippen LogP contribution in [-0.2, 0) is 0 Å². The van der Waals surface area contributed by atoms with Crippen LogP contribution in [0.15, 0.2) is 0 Å². The van der Waals surface area contributed by atoms with E-state index >= 15 is 0 Å². The first-order valence-electron chi connectivity index (χ1n) is 0.632. The second-order valence-corrected chi connectivity index (χ2v) is 1.19. The summed E-state index contributed by atoms with van der Waals surface area (Å²) in [6.07, 6.45) is 0. The predicted molar refractivity (Wildman–Crippen MR) is 21.0 cm³/mol. The summed E-state index contributed by atoms with van der Waals surface area (Å²) < 4.78 is 32.7. The summed E-state index contributed by atoms with van der Waals surface area (Å²) in [5, 5.41) is 0. The van der Waals surface area contributed by atoms with Gasteiger partial charge in [0.2, 0.25) is 0 Å². The van der Waals surface area contributed by atoms with Gasteiger partial charge in [-0.15, -0.1) is 0 Å². The predicted octanol–water partition coefficient (Wildman–Crippen LogP) is -6.75. The molecule has 0 aromatic carbocycles. The van der Waals surface area contributed by atoms with Gasteiger partial charge < -0.3 is 19.3 Å². The van der Waals surface area contributed by atoms with Crippen molar-refractivity contribution in [3.8, 4) is 0 Å². The fourth-order valence-electron chi connectivity index (χ4n) is 0. The van der Waals surface area contributed by atoms with Gasteiger partial charge in [-0.3, -0.25) is 0 Å². The molecule has 0 fully saturated rings. The first-order chi connectivity index (χ1) is 2.00. The first kappa shape index (κ1) is 31.2. The molecule has 60 valence electrons. The molecule has 0 aromatic rings. The maximum absolute atomic E-state index is 8.60. The third kappa shape index (κ3) is 220. The summed E-state index contributed by atoms with van der Waals surface area (Å²) in [4.78, 5) is 0. The Balaban J connectivity index is -0.00000000533. The molecule has 9 heteroatoms. The quantitative estimate of drug-likeness (QED) is 0.435. The van der Waals surface area contributed by atoms with E-state index in [4.69, 9.17) is 18.6 Å². The molecule has 0 aliphatic carbocycles. The van der Waals surface area contributed by atoms with Crippen LogP contribution in [0.25, 0.3) is 0 Å². The van der Waals surface area contributed by atoms with Crippen LogP contribution < -0.4 is 14.0 Å². The molecule has 0 heterocycles. The minimum atomic E-state index is -4.69. The van der Waals surface area contributed by atoms with Crippen LogP contribution in [-0.4, -0.2) is 70.0 Å². The van der Waals surface area contributed by atoms with E-state index in [0.717, 1.165) is 0 Å². The Kier molecular flexibility index (Phi) is 42.5. The second kappa shape index (κ2) is 12.3. The zero-order valence-electron chi connectivity index (χ0n) is 6.26. The molecule has 7 N–H and O–H groups in total. The molecule has 0 aliphatic rings. The molecule has 0 bridgehead atoms. The molecule has 9 heavy (non-hydrogen) atoms. The summed E-state index contributed by atoms with van der Waals surface area (Å²) in [5.41, 5.74) is 0. The number of rotatable bonds is 0. The Morgan fingerprint density at radius 3 is 1.00 bits per heavy atom. The average Bonchev–Trinajstić information content (AvgIpc) is 0.722. The molecule has 0 unspecified atom stereocenters. The molecule has 7 nitrogen and oxygen atoms in total. The number of hydrogen-bond donors (Lipinski definition) is 1. The van der Waals surface area contributed by atoms with E-state index in [1.807, 2.05) is 0 Å². The van der Waals surface area contributed by atoms with Crippen molar-refractivity contribution >= 4 is 48.9 Å². The van der Waals surface area contributed by atoms with E-state index in [1.165, 1.54) is 0 Å². The summed E-state index contributed by atoms with van der Waals surface area (Å²) in [6.45, 7) is 0. The van der Waals surface area contributed by atoms with E-state index in [2.05, 4.69) is 0 Å². The molecular formula is H9BaClO7. The van der Waals surface area contributed by atoms with E-state index in [9.17, 15) is 0 Å². The average molecular weight is 294 g/mol. The van der Waals surface area contributed by atoms with Gasteiger partial charge in [0.15, 0.2) is 0 Å². The minimum Gasteiger partial charge on any atom is -1.00 e. The van der Waals surface area contributed by atoms with E-state index in [-0.39, 0.29) is 68.2 Å². The fraction of sp³-hybridized carbons (Fsp3) is 0. The van der Waals surface area contributed by atoms with Gasteiger partial charge >= 0.3 is 48.9 Å². The second-order valence-electron chi connectivity index (χ2n) is 0.396. The molecule has 0 aromatic heterocycles. The van der Waals surface area contributed by atoms with Gasteiger partial charge in [-0.1, -0.05) is 0 Å². The summed E-state index contributed by atoms with van der Waals surface area (Å²) in [5.74, 6) is 0. The summed E-state index contributed by atoms with van der Waals surface area (Å²) in [6, 6.07) is 0. The van der Waals surface area contributed by atoms with Crippen LogP contribution in [0.2, 0.25) is 0 Å². The van der Waals surface area contributed by atoms with Crippen molar-refractivity contribution in [3.63, 3.8) is 0 Å². The van der Waals surface area contributed by atoms with Crippen LogP contribution in [0.3, 0.4) is 0 Å². The van der Waals surface area contributed by atoms with Crippen molar-refractivity contribution < 1.29 is 48.2 Å². The van der Waals surface area contributed by atoms with Crippen LogP contribution >= 0.6 is 0 Å². The van der Waals surface area contributed by atoms with Crippen molar-refractivity contribution in [1.82, 2.24) is 0 Å². The maximum atomic E-state index is 8.60. The molecule has 0 saturated heterocycles. The van der Waals surface area contributed by atoms with E-state index in [0.29, 0.717) is 0 Å². The zero-order valence-corrected chi connectivity index (χ0v) is 9.45. The van der Waals surface area contributed by atoms with Crippen molar-refractivity contribution in [2.45, 2.75) is 0 Å². The van der Waals surface area contributed by atoms with Crippen molar-refractivity contribution in [3.05, 3.63) is 0 Å². The van der Waals surface area contributed by atoms with Crippen LogP contribution in [0.1, 0.15) is 2.85 Å².